The molecule has 1 atom stereocenters. The van der Waals surface area contributed by atoms with Crippen LogP contribution in [0.15, 0.2) is 42.5 Å². The molecule has 1 aliphatic carbocycles. The van der Waals surface area contributed by atoms with Gasteiger partial charge in [-0.1, -0.05) is 81.5 Å². The Hall–Kier alpha value is -1.04. The largest absolute Gasteiger partial charge is 0.0879 e. The van der Waals surface area contributed by atoms with Gasteiger partial charge in [-0.25, -0.2) is 0 Å². The lowest BCUT2D eigenvalue weighted by molar-refractivity contribution is 0.332. The van der Waals surface area contributed by atoms with Gasteiger partial charge in [-0.2, -0.15) is 0 Å². The van der Waals surface area contributed by atoms with E-state index in [1.807, 2.05) is 0 Å². The fourth-order valence-electron chi connectivity index (χ4n) is 3.27. The summed E-state index contributed by atoms with van der Waals surface area (Å²) in [4.78, 5) is 0. The van der Waals surface area contributed by atoms with Crippen LogP contribution < -0.4 is 0 Å². The Morgan fingerprint density at radius 2 is 1.84 bits per heavy atom. The summed E-state index contributed by atoms with van der Waals surface area (Å²) in [5.74, 6) is 1.52. The highest BCUT2D eigenvalue weighted by Crippen LogP contribution is 2.37. The van der Waals surface area contributed by atoms with E-state index in [2.05, 4.69) is 49.4 Å². The van der Waals surface area contributed by atoms with Gasteiger partial charge in [-0.3, -0.25) is 0 Å². The lowest BCUT2D eigenvalue weighted by Gasteiger charge is -2.28. The predicted molar refractivity (Wildman–Crippen MR) is 84.4 cm³/mol. The second kappa shape index (κ2) is 8.19. The highest BCUT2D eigenvalue weighted by Gasteiger charge is 2.22. The summed E-state index contributed by atoms with van der Waals surface area (Å²) in [6.45, 7) is 2.27. The number of benzene rings is 1. The maximum Gasteiger partial charge on any atom is 0.00462 e. The van der Waals surface area contributed by atoms with Crippen LogP contribution >= 0.6 is 0 Å². The Morgan fingerprint density at radius 1 is 1.11 bits per heavy atom. The van der Waals surface area contributed by atoms with Gasteiger partial charge in [0.25, 0.3) is 0 Å². The van der Waals surface area contributed by atoms with Crippen LogP contribution in [0.3, 0.4) is 0 Å². The van der Waals surface area contributed by atoms with Crippen molar-refractivity contribution in [3.05, 3.63) is 48.0 Å². The minimum Gasteiger partial charge on any atom is -0.0879 e. The highest BCUT2D eigenvalue weighted by atomic mass is 14.3. The van der Waals surface area contributed by atoms with E-state index in [0.29, 0.717) is 5.92 Å². The zero-order chi connectivity index (χ0) is 13.3. The molecule has 1 fully saturated rings. The average molecular weight is 256 g/mol. The molecule has 1 saturated carbocycles. The molecule has 0 amide bonds. The smallest absolute Gasteiger partial charge is 0.00462 e. The van der Waals surface area contributed by atoms with Gasteiger partial charge in [0.1, 0.15) is 0 Å². The lowest BCUT2D eigenvalue weighted by atomic mass is 9.76. The van der Waals surface area contributed by atoms with Crippen LogP contribution in [-0.4, -0.2) is 0 Å². The first-order valence-electron chi connectivity index (χ1n) is 8.13. The molecular formula is C19H28. The van der Waals surface area contributed by atoms with Gasteiger partial charge in [0, 0.05) is 5.92 Å². The zero-order valence-corrected chi connectivity index (χ0v) is 12.4. The monoisotopic (exact) mass is 256 g/mol. The molecule has 0 radical (unpaired) electrons. The Bertz CT molecular complexity index is 357. The molecule has 19 heavy (non-hydrogen) atoms. The molecule has 0 spiro atoms. The van der Waals surface area contributed by atoms with Crippen molar-refractivity contribution < 1.29 is 0 Å². The molecule has 0 heteroatoms. The van der Waals surface area contributed by atoms with Crippen LogP contribution in [0.5, 0.6) is 0 Å². The fourth-order valence-corrected chi connectivity index (χ4v) is 3.27. The molecule has 0 heterocycles. The molecule has 0 saturated heterocycles. The van der Waals surface area contributed by atoms with Crippen LogP contribution in [0.2, 0.25) is 0 Å². The number of allylic oxidation sites excluding steroid dienone is 2. The van der Waals surface area contributed by atoms with E-state index in [4.69, 9.17) is 0 Å². The van der Waals surface area contributed by atoms with Crippen LogP contribution in [0.4, 0.5) is 0 Å². The van der Waals surface area contributed by atoms with Crippen molar-refractivity contribution in [1.82, 2.24) is 0 Å². The number of rotatable bonds is 6. The SMILES string of the molecule is CCCCC=CC(c1ccccc1)C1CCCCC1. The van der Waals surface area contributed by atoms with Crippen molar-refractivity contribution in [2.45, 2.75) is 64.2 Å². The second-order valence-corrected chi connectivity index (χ2v) is 5.90. The van der Waals surface area contributed by atoms with E-state index >= 15 is 0 Å². The van der Waals surface area contributed by atoms with Gasteiger partial charge in [-0.05, 0) is 30.7 Å². The number of hydrogen-bond donors (Lipinski definition) is 0. The number of hydrogen-bond acceptors (Lipinski definition) is 0. The van der Waals surface area contributed by atoms with Gasteiger partial charge in [0.2, 0.25) is 0 Å². The summed E-state index contributed by atoms with van der Waals surface area (Å²) >= 11 is 0. The molecule has 0 N–H and O–H groups in total. The maximum absolute atomic E-state index is 2.50. The molecule has 104 valence electrons. The molecule has 1 aromatic carbocycles. The lowest BCUT2D eigenvalue weighted by Crippen LogP contribution is -2.14. The van der Waals surface area contributed by atoms with Gasteiger partial charge in [0.05, 0.1) is 0 Å². The van der Waals surface area contributed by atoms with Gasteiger partial charge < -0.3 is 0 Å². The molecule has 0 nitrogen and oxygen atoms in total. The number of unbranched alkanes of at least 4 members (excludes halogenated alkanes) is 2. The summed E-state index contributed by atoms with van der Waals surface area (Å²) in [5, 5.41) is 0. The van der Waals surface area contributed by atoms with Gasteiger partial charge >= 0.3 is 0 Å². The molecule has 0 aromatic heterocycles. The van der Waals surface area contributed by atoms with E-state index in [1.165, 1.54) is 56.9 Å². The second-order valence-electron chi connectivity index (χ2n) is 5.90. The van der Waals surface area contributed by atoms with Gasteiger partial charge in [-0.15, -0.1) is 0 Å². The molecule has 1 aliphatic rings. The van der Waals surface area contributed by atoms with Gasteiger partial charge in [0.15, 0.2) is 0 Å². The van der Waals surface area contributed by atoms with Crippen molar-refractivity contribution in [2.24, 2.45) is 5.92 Å². The molecule has 0 bridgehead atoms. The summed E-state index contributed by atoms with van der Waals surface area (Å²) in [6, 6.07) is 11.1. The third-order valence-electron chi connectivity index (χ3n) is 4.41. The van der Waals surface area contributed by atoms with Crippen LogP contribution in [0, 0.1) is 5.92 Å². The summed E-state index contributed by atoms with van der Waals surface area (Å²) in [7, 11) is 0. The fraction of sp³-hybridized carbons (Fsp3) is 0.579. The Morgan fingerprint density at radius 3 is 2.53 bits per heavy atom. The van der Waals surface area contributed by atoms with E-state index in [9.17, 15) is 0 Å². The molecule has 0 aliphatic heterocycles. The first-order chi connectivity index (χ1) is 9.42. The Kier molecular flexibility index (Phi) is 6.20. The topological polar surface area (TPSA) is 0 Å². The molecular weight excluding hydrogens is 228 g/mol. The Balaban J connectivity index is 2.06. The minimum atomic E-state index is 0.651. The summed E-state index contributed by atoms with van der Waals surface area (Å²) in [5.41, 5.74) is 1.52. The van der Waals surface area contributed by atoms with Crippen molar-refractivity contribution in [3.63, 3.8) is 0 Å². The van der Waals surface area contributed by atoms with E-state index in [1.54, 1.807) is 0 Å². The zero-order valence-electron chi connectivity index (χ0n) is 12.4. The third kappa shape index (κ3) is 4.53. The maximum atomic E-state index is 2.50. The van der Waals surface area contributed by atoms with E-state index in [0.717, 1.165) is 5.92 Å². The van der Waals surface area contributed by atoms with Crippen molar-refractivity contribution in [1.29, 1.82) is 0 Å². The molecule has 1 aromatic rings. The summed E-state index contributed by atoms with van der Waals surface area (Å²) < 4.78 is 0. The first-order valence-corrected chi connectivity index (χ1v) is 8.13. The third-order valence-corrected chi connectivity index (χ3v) is 4.41. The normalized spacial score (nSPS) is 18.8. The molecule has 2 rings (SSSR count). The predicted octanol–water partition coefficient (Wildman–Crippen LogP) is 6.10. The van der Waals surface area contributed by atoms with Crippen LogP contribution in [0.25, 0.3) is 0 Å². The quantitative estimate of drug-likeness (QED) is 0.426. The average Bonchev–Trinajstić information content (AvgIpc) is 2.49. The highest BCUT2D eigenvalue weighted by molar-refractivity contribution is 5.25. The van der Waals surface area contributed by atoms with E-state index < -0.39 is 0 Å². The first kappa shape index (κ1) is 14.4. The minimum absolute atomic E-state index is 0.651. The van der Waals surface area contributed by atoms with Crippen molar-refractivity contribution >= 4 is 0 Å². The summed E-state index contributed by atoms with van der Waals surface area (Å²) in [6.07, 6.45) is 15.9. The van der Waals surface area contributed by atoms with E-state index in [-0.39, 0.29) is 0 Å². The van der Waals surface area contributed by atoms with Crippen LogP contribution in [0.1, 0.15) is 69.8 Å². The van der Waals surface area contributed by atoms with Crippen molar-refractivity contribution in [2.75, 3.05) is 0 Å². The van der Waals surface area contributed by atoms with Crippen LogP contribution in [-0.2, 0) is 0 Å². The standard InChI is InChI=1S/C19H28/c1-2-3-4-11-16-19(17-12-7-5-8-13-17)18-14-9-6-10-15-18/h5,7-8,11-13,16,18-19H,2-4,6,9-10,14-15H2,1H3. The van der Waals surface area contributed by atoms with Crippen molar-refractivity contribution in [3.8, 4) is 0 Å². The Labute approximate surface area is 118 Å². The molecule has 1 unspecified atom stereocenters.